The third kappa shape index (κ3) is 2.98. The van der Waals surface area contributed by atoms with Crippen molar-refractivity contribution in [1.82, 2.24) is 0 Å². The number of benzene rings is 1. The Morgan fingerprint density at radius 2 is 1.81 bits per heavy atom. The van der Waals surface area contributed by atoms with E-state index < -0.39 is 17.7 Å². The SMILES string of the molecule is COc1ccc([C@H](CC(N)=O)C(N)=O)cc1. The van der Waals surface area contributed by atoms with Gasteiger partial charge in [-0.05, 0) is 17.7 Å². The first-order chi connectivity index (χ1) is 7.54. The van der Waals surface area contributed by atoms with Gasteiger partial charge in [0.1, 0.15) is 5.75 Å². The van der Waals surface area contributed by atoms with E-state index in [0.717, 1.165) is 0 Å². The molecular weight excluding hydrogens is 208 g/mol. The highest BCUT2D eigenvalue weighted by atomic mass is 16.5. The van der Waals surface area contributed by atoms with Crippen LogP contribution in [0, 0.1) is 0 Å². The fourth-order valence-electron chi connectivity index (χ4n) is 1.42. The largest absolute Gasteiger partial charge is 0.497 e. The van der Waals surface area contributed by atoms with Crippen LogP contribution in [0.2, 0.25) is 0 Å². The van der Waals surface area contributed by atoms with Crippen LogP contribution in [0.5, 0.6) is 5.75 Å². The molecule has 0 unspecified atom stereocenters. The third-order valence-electron chi connectivity index (χ3n) is 2.27. The fraction of sp³-hybridized carbons (Fsp3) is 0.273. The minimum absolute atomic E-state index is 0.0817. The van der Waals surface area contributed by atoms with E-state index in [-0.39, 0.29) is 6.42 Å². The van der Waals surface area contributed by atoms with Gasteiger partial charge in [-0.15, -0.1) is 0 Å². The van der Waals surface area contributed by atoms with Gasteiger partial charge in [-0.3, -0.25) is 9.59 Å². The number of hydrogen-bond donors (Lipinski definition) is 2. The maximum Gasteiger partial charge on any atom is 0.225 e. The quantitative estimate of drug-likeness (QED) is 0.741. The summed E-state index contributed by atoms with van der Waals surface area (Å²) < 4.78 is 4.98. The molecule has 0 saturated carbocycles. The van der Waals surface area contributed by atoms with E-state index in [1.54, 1.807) is 31.4 Å². The van der Waals surface area contributed by atoms with Gasteiger partial charge >= 0.3 is 0 Å². The summed E-state index contributed by atoms with van der Waals surface area (Å²) in [7, 11) is 1.55. The normalized spacial score (nSPS) is 11.8. The maximum atomic E-state index is 11.2. The zero-order chi connectivity index (χ0) is 12.1. The van der Waals surface area contributed by atoms with Crippen LogP contribution in [0.4, 0.5) is 0 Å². The number of rotatable bonds is 5. The Kier molecular flexibility index (Phi) is 3.88. The Hall–Kier alpha value is -2.04. The van der Waals surface area contributed by atoms with Gasteiger partial charge in [-0.25, -0.2) is 0 Å². The van der Waals surface area contributed by atoms with Gasteiger partial charge in [0.05, 0.1) is 13.0 Å². The highest BCUT2D eigenvalue weighted by Crippen LogP contribution is 2.21. The number of amides is 2. The lowest BCUT2D eigenvalue weighted by Crippen LogP contribution is -2.26. The Labute approximate surface area is 93.4 Å². The highest BCUT2D eigenvalue weighted by molar-refractivity contribution is 5.88. The number of methoxy groups -OCH3 is 1. The highest BCUT2D eigenvalue weighted by Gasteiger charge is 2.20. The average molecular weight is 222 g/mol. The summed E-state index contributed by atoms with van der Waals surface area (Å²) in [4.78, 5) is 22.0. The molecule has 0 aliphatic rings. The molecule has 4 N–H and O–H groups in total. The monoisotopic (exact) mass is 222 g/mol. The maximum absolute atomic E-state index is 11.2. The van der Waals surface area contributed by atoms with Crippen LogP contribution in [-0.2, 0) is 9.59 Å². The van der Waals surface area contributed by atoms with Gasteiger partial charge in [-0.1, -0.05) is 12.1 Å². The summed E-state index contributed by atoms with van der Waals surface area (Å²) in [5, 5.41) is 0. The Balaban J connectivity index is 2.92. The molecular formula is C11H14N2O3. The number of carbonyl (C=O) groups is 2. The summed E-state index contributed by atoms with van der Waals surface area (Å²) in [5.74, 6) is -1.13. The molecule has 0 fully saturated rings. The van der Waals surface area contributed by atoms with E-state index in [2.05, 4.69) is 0 Å². The van der Waals surface area contributed by atoms with Crippen LogP contribution < -0.4 is 16.2 Å². The van der Waals surface area contributed by atoms with Gasteiger partial charge in [0.15, 0.2) is 0 Å². The molecule has 16 heavy (non-hydrogen) atoms. The molecule has 1 aromatic rings. The van der Waals surface area contributed by atoms with Crippen molar-refractivity contribution in [2.45, 2.75) is 12.3 Å². The molecule has 1 rings (SSSR count). The lowest BCUT2D eigenvalue weighted by Gasteiger charge is -2.12. The molecule has 0 aliphatic carbocycles. The lowest BCUT2D eigenvalue weighted by molar-refractivity contribution is -0.124. The Morgan fingerprint density at radius 1 is 1.25 bits per heavy atom. The van der Waals surface area contributed by atoms with Crippen molar-refractivity contribution in [1.29, 1.82) is 0 Å². The van der Waals surface area contributed by atoms with Gasteiger partial charge in [0, 0.05) is 6.42 Å². The molecule has 1 aromatic carbocycles. The predicted molar refractivity (Wildman–Crippen MR) is 58.7 cm³/mol. The lowest BCUT2D eigenvalue weighted by atomic mass is 9.95. The minimum Gasteiger partial charge on any atom is -0.497 e. The fourth-order valence-corrected chi connectivity index (χ4v) is 1.42. The second-order valence-corrected chi connectivity index (χ2v) is 3.40. The van der Waals surface area contributed by atoms with Crippen molar-refractivity contribution < 1.29 is 14.3 Å². The number of ether oxygens (including phenoxy) is 1. The molecule has 0 spiro atoms. The number of nitrogens with two attached hydrogens (primary N) is 2. The van der Waals surface area contributed by atoms with Crippen molar-refractivity contribution >= 4 is 11.8 Å². The molecule has 0 heterocycles. The van der Waals surface area contributed by atoms with Crippen molar-refractivity contribution in [3.05, 3.63) is 29.8 Å². The second-order valence-electron chi connectivity index (χ2n) is 3.40. The second kappa shape index (κ2) is 5.16. The van der Waals surface area contributed by atoms with Crippen molar-refractivity contribution in [2.24, 2.45) is 11.5 Å². The summed E-state index contributed by atoms with van der Waals surface area (Å²) in [5.41, 5.74) is 10.9. The number of primary amides is 2. The first-order valence-electron chi connectivity index (χ1n) is 4.76. The molecule has 0 aliphatic heterocycles. The van der Waals surface area contributed by atoms with Gasteiger partial charge < -0.3 is 16.2 Å². The van der Waals surface area contributed by atoms with Crippen molar-refractivity contribution in [3.8, 4) is 5.75 Å². The predicted octanol–water partition coefficient (Wildman–Crippen LogP) is 0.139. The van der Waals surface area contributed by atoms with Crippen LogP contribution in [-0.4, -0.2) is 18.9 Å². The van der Waals surface area contributed by atoms with E-state index in [0.29, 0.717) is 11.3 Å². The van der Waals surface area contributed by atoms with E-state index in [9.17, 15) is 9.59 Å². The molecule has 0 aromatic heterocycles. The van der Waals surface area contributed by atoms with Crippen LogP contribution in [0.15, 0.2) is 24.3 Å². The van der Waals surface area contributed by atoms with Crippen LogP contribution in [0.3, 0.4) is 0 Å². The first kappa shape index (κ1) is 12.0. The standard InChI is InChI=1S/C11H14N2O3/c1-16-8-4-2-7(3-5-8)9(11(13)15)6-10(12)14/h2-5,9H,6H2,1H3,(H2,12,14)(H2,13,15)/t9-/m0/s1. The zero-order valence-corrected chi connectivity index (χ0v) is 8.97. The smallest absolute Gasteiger partial charge is 0.225 e. The average Bonchev–Trinajstić information content (AvgIpc) is 2.25. The minimum atomic E-state index is -0.677. The zero-order valence-electron chi connectivity index (χ0n) is 8.97. The molecule has 86 valence electrons. The van der Waals surface area contributed by atoms with Gasteiger partial charge in [-0.2, -0.15) is 0 Å². The van der Waals surface area contributed by atoms with Crippen LogP contribution in [0.1, 0.15) is 17.9 Å². The van der Waals surface area contributed by atoms with Crippen molar-refractivity contribution in [3.63, 3.8) is 0 Å². The topological polar surface area (TPSA) is 95.4 Å². The van der Waals surface area contributed by atoms with E-state index in [4.69, 9.17) is 16.2 Å². The Bertz CT molecular complexity index is 387. The van der Waals surface area contributed by atoms with E-state index >= 15 is 0 Å². The molecule has 0 saturated heterocycles. The molecule has 0 radical (unpaired) electrons. The van der Waals surface area contributed by atoms with Gasteiger partial charge in [0.25, 0.3) is 0 Å². The summed E-state index contributed by atoms with van der Waals surface area (Å²) in [6.45, 7) is 0. The van der Waals surface area contributed by atoms with Crippen molar-refractivity contribution in [2.75, 3.05) is 7.11 Å². The van der Waals surface area contributed by atoms with Crippen LogP contribution >= 0.6 is 0 Å². The summed E-state index contributed by atoms with van der Waals surface area (Å²) in [6.07, 6.45) is -0.0817. The summed E-state index contributed by atoms with van der Waals surface area (Å²) >= 11 is 0. The van der Waals surface area contributed by atoms with Crippen LogP contribution in [0.25, 0.3) is 0 Å². The molecule has 1 atom stereocenters. The molecule has 2 amide bonds. The first-order valence-corrected chi connectivity index (χ1v) is 4.76. The summed E-state index contributed by atoms with van der Waals surface area (Å²) in [6, 6.07) is 6.78. The Morgan fingerprint density at radius 3 is 2.19 bits per heavy atom. The van der Waals surface area contributed by atoms with Gasteiger partial charge in [0.2, 0.25) is 11.8 Å². The molecule has 5 nitrogen and oxygen atoms in total. The third-order valence-corrected chi connectivity index (χ3v) is 2.27. The number of carbonyl (C=O) groups excluding carboxylic acids is 2. The molecule has 5 heteroatoms. The van der Waals surface area contributed by atoms with E-state index in [1.165, 1.54) is 0 Å². The molecule has 0 bridgehead atoms. The van der Waals surface area contributed by atoms with E-state index in [1.807, 2.05) is 0 Å². The number of hydrogen-bond acceptors (Lipinski definition) is 3.